The SMILES string of the molecule is CC(C)N1CCc2sc(C=O)cc2C1. The van der Waals surface area contributed by atoms with E-state index in [0.717, 1.165) is 30.7 Å². The van der Waals surface area contributed by atoms with Crippen LogP contribution in [0.2, 0.25) is 0 Å². The quantitative estimate of drug-likeness (QED) is 0.697. The van der Waals surface area contributed by atoms with Crippen LogP contribution in [0.4, 0.5) is 0 Å². The van der Waals surface area contributed by atoms with Crippen molar-refractivity contribution in [2.45, 2.75) is 32.9 Å². The third kappa shape index (κ3) is 1.74. The van der Waals surface area contributed by atoms with Gasteiger partial charge in [0.1, 0.15) is 0 Å². The highest BCUT2D eigenvalue weighted by Gasteiger charge is 2.20. The molecule has 0 radical (unpaired) electrons. The molecule has 0 aromatic carbocycles. The highest BCUT2D eigenvalue weighted by molar-refractivity contribution is 7.13. The van der Waals surface area contributed by atoms with E-state index in [-0.39, 0.29) is 0 Å². The largest absolute Gasteiger partial charge is 0.297 e. The van der Waals surface area contributed by atoms with Crippen LogP contribution in [0, 0.1) is 0 Å². The summed E-state index contributed by atoms with van der Waals surface area (Å²) in [5.41, 5.74) is 1.36. The monoisotopic (exact) mass is 209 g/mol. The van der Waals surface area contributed by atoms with Gasteiger partial charge in [0.05, 0.1) is 4.88 Å². The predicted molar refractivity (Wildman–Crippen MR) is 59.0 cm³/mol. The summed E-state index contributed by atoms with van der Waals surface area (Å²) in [4.78, 5) is 15.4. The summed E-state index contributed by atoms with van der Waals surface area (Å²) in [7, 11) is 0. The predicted octanol–water partition coefficient (Wildman–Crippen LogP) is 2.33. The van der Waals surface area contributed by atoms with Gasteiger partial charge in [-0.1, -0.05) is 0 Å². The number of hydrogen-bond donors (Lipinski definition) is 0. The van der Waals surface area contributed by atoms with E-state index in [1.54, 1.807) is 11.3 Å². The first kappa shape index (κ1) is 9.87. The summed E-state index contributed by atoms with van der Waals surface area (Å²) < 4.78 is 0. The zero-order valence-corrected chi connectivity index (χ0v) is 9.43. The van der Waals surface area contributed by atoms with E-state index < -0.39 is 0 Å². The number of carbonyl (C=O) groups is 1. The molecule has 0 aliphatic carbocycles. The minimum absolute atomic E-state index is 0.600. The third-order valence-electron chi connectivity index (χ3n) is 2.76. The molecule has 0 amide bonds. The molecule has 14 heavy (non-hydrogen) atoms. The van der Waals surface area contributed by atoms with Crippen molar-refractivity contribution in [3.63, 3.8) is 0 Å². The Hall–Kier alpha value is -0.670. The molecule has 3 heteroatoms. The molecule has 0 fully saturated rings. The lowest BCUT2D eigenvalue weighted by Crippen LogP contribution is -2.35. The van der Waals surface area contributed by atoms with Gasteiger partial charge in [0.15, 0.2) is 6.29 Å². The molecule has 1 aliphatic heterocycles. The Labute approximate surface area is 88.5 Å². The fourth-order valence-corrected chi connectivity index (χ4v) is 2.86. The molecule has 0 spiro atoms. The maximum atomic E-state index is 10.6. The molecule has 2 rings (SSSR count). The van der Waals surface area contributed by atoms with Crippen molar-refractivity contribution < 1.29 is 4.79 Å². The zero-order valence-electron chi connectivity index (χ0n) is 8.62. The van der Waals surface area contributed by atoms with Gasteiger partial charge in [-0.25, -0.2) is 0 Å². The number of fused-ring (bicyclic) bond motifs is 1. The molecular weight excluding hydrogens is 194 g/mol. The van der Waals surface area contributed by atoms with Crippen molar-refractivity contribution in [3.05, 3.63) is 21.4 Å². The second kappa shape index (κ2) is 3.83. The Kier molecular flexibility index (Phi) is 2.70. The molecule has 1 aromatic heterocycles. The number of rotatable bonds is 2. The van der Waals surface area contributed by atoms with Crippen LogP contribution >= 0.6 is 11.3 Å². The Morgan fingerprint density at radius 2 is 2.36 bits per heavy atom. The van der Waals surface area contributed by atoms with Crippen molar-refractivity contribution in [1.82, 2.24) is 4.90 Å². The van der Waals surface area contributed by atoms with E-state index >= 15 is 0 Å². The first-order valence-corrected chi connectivity index (χ1v) is 5.83. The Balaban J connectivity index is 2.21. The van der Waals surface area contributed by atoms with Crippen molar-refractivity contribution in [2.75, 3.05) is 6.54 Å². The van der Waals surface area contributed by atoms with Crippen molar-refractivity contribution in [1.29, 1.82) is 0 Å². The number of nitrogens with zero attached hydrogens (tertiary/aromatic N) is 1. The van der Waals surface area contributed by atoms with Crippen LogP contribution < -0.4 is 0 Å². The molecular formula is C11H15NOS. The van der Waals surface area contributed by atoms with Crippen LogP contribution in [0.3, 0.4) is 0 Å². The molecule has 0 atom stereocenters. The number of aldehydes is 1. The van der Waals surface area contributed by atoms with Crippen molar-refractivity contribution in [3.8, 4) is 0 Å². The lowest BCUT2D eigenvalue weighted by Gasteiger charge is -2.30. The molecule has 0 N–H and O–H groups in total. The van der Waals surface area contributed by atoms with Crippen LogP contribution in [-0.2, 0) is 13.0 Å². The van der Waals surface area contributed by atoms with Gasteiger partial charge < -0.3 is 0 Å². The normalized spacial score (nSPS) is 17.1. The molecule has 0 bridgehead atoms. The van der Waals surface area contributed by atoms with E-state index in [1.165, 1.54) is 10.4 Å². The van der Waals surface area contributed by atoms with Gasteiger partial charge in [-0.2, -0.15) is 0 Å². The number of thiophene rings is 1. The van der Waals surface area contributed by atoms with Gasteiger partial charge in [-0.15, -0.1) is 11.3 Å². The van der Waals surface area contributed by atoms with Crippen LogP contribution in [-0.4, -0.2) is 23.8 Å². The van der Waals surface area contributed by atoms with Crippen molar-refractivity contribution in [2.24, 2.45) is 0 Å². The lowest BCUT2D eigenvalue weighted by molar-refractivity contribution is 0.112. The van der Waals surface area contributed by atoms with Gasteiger partial charge in [-0.3, -0.25) is 9.69 Å². The molecule has 0 saturated carbocycles. The standard InChI is InChI=1S/C11H15NOS/c1-8(2)12-4-3-11-9(6-12)5-10(7-13)14-11/h5,7-8H,3-4,6H2,1-2H3. The lowest BCUT2D eigenvalue weighted by atomic mass is 10.1. The second-order valence-electron chi connectivity index (χ2n) is 4.03. The smallest absolute Gasteiger partial charge is 0.160 e. The molecule has 2 heterocycles. The van der Waals surface area contributed by atoms with Gasteiger partial charge in [0.2, 0.25) is 0 Å². The maximum Gasteiger partial charge on any atom is 0.160 e. The van der Waals surface area contributed by atoms with E-state index in [1.807, 2.05) is 6.07 Å². The fourth-order valence-electron chi connectivity index (χ4n) is 1.88. The van der Waals surface area contributed by atoms with E-state index in [2.05, 4.69) is 18.7 Å². The summed E-state index contributed by atoms with van der Waals surface area (Å²) in [6.45, 7) is 6.58. The Morgan fingerprint density at radius 3 is 3.00 bits per heavy atom. The maximum absolute atomic E-state index is 10.6. The van der Waals surface area contributed by atoms with E-state index in [0.29, 0.717) is 6.04 Å². The van der Waals surface area contributed by atoms with E-state index in [4.69, 9.17) is 0 Å². The first-order chi connectivity index (χ1) is 6.70. The summed E-state index contributed by atoms with van der Waals surface area (Å²) >= 11 is 1.65. The van der Waals surface area contributed by atoms with Crippen LogP contribution in [0.15, 0.2) is 6.07 Å². The average Bonchev–Trinajstić information content (AvgIpc) is 2.58. The average molecular weight is 209 g/mol. The minimum atomic E-state index is 0.600. The minimum Gasteiger partial charge on any atom is -0.297 e. The van der Waals surface area contributed by atoms with Gasteiger partial charge in [-0.05, 0) is 31.9 Å². The number of hydrogen-bond acceptors (Lipinski definition) is 3. The molecule has 76 valence electrons. The molecule has 1 aromatic rings. The van der Waals surface area contributed by atoms with Crippen LogP contribution in [0.1, 0.15) is 34.0 Å². The Bertz CT molecular complexity index is 343. The molecule has 1 aliphatic rings. The summed E-state index contributed by atoms with van der Waals surface area (Å²) in [6, 6.07) is 2.64. The summed E-state index contributed by atoms with van der Waals surface area (Å²) in [5.74, 6) is 0. The third-order valence-corrected chi connectivity index (χ3v) is 3.92. The topological polar surface area (TPSA) is 20.3 Å². The van der Waals surface area contributed by atoms with E-state index in [9.17, 15) is 4.79 Å². The highest BCUT2D eigenvalue weighted by Crippen LogP contribution is 2.27. The molecule has 0 saturated heterocycles. The summed E-state index contributed by atoms with van der Waals surface area (Å²) in [6.07, 6.45) is 2.06. The van der Waals surface area contributed by atoms with Crippen LogP contribution in [0.5, 0.6) is 0 Å². The van der Waals surface area contributed by atoms with Gasteiger partial charge in [0, 0.05) is 24.0 Å². The van der Waals surface area contributed by atoms with Crippen molar-refractivity contribution >= 4 is 17.6 Å². The highest BCUT2D eigenvalue weighted by atomic mass is 32.1. The van der Waals surface area contributed by atoms with Crippen LogP contribution in [0.25, 0.3) is 0 Å². The number of carbonyl (C=O) groups excluding carboxylic acids is 1. The van der Waals surface area contributed by atoms with Gasteiger partial charge in [0.25, 0.3) is 0 Å². The molecule has 0 unspecified atom stereocenters. The second-order valence-corrected chi connectivity index (χ2v) is 5.20. The summed E-state index contributed by atoms with van der Waals surface area (Å²) in [5, 5.41) is 0. The first-order valence-electron chi connectivity index (χ1n) is 5.01. The molecule has 2 nitrogen and oxygen atoms in total. The Morgan fingerprint density at radius 1 is 1.57 bits per heavy atom. The van der Waals surface area contributed by atoms with Gasteiger partial charge >= 0.3 is 0 Å². The zero-order chi connectivity index (χ0) is 10.1. The fraction of sp³-hybridized carbons (Fsp3) is 0.545.